The monoisotopic (exact) mass is 332 g/mol. The Kier molecular flexibility index (Phi) is 6.75. The Balaban J connectivity index is 2.00. The van der Waals surface area contributed by atoms with E-state index in [4.69, 9.17) is 18.9 Å². The predicted molar refractivity (Wildman–Crippen MR) is 93.0 cm³/mol. The number of rotatable bonds is 9. The molecule has 0 heterocycles. The van der Waals surface area contributed by atoms with Crippen LogP contribution in [0.2, 0.25) is 0 Å². The summed E-state index contributed by atoms with van der Waals surface area (Å²) in [6.07, 6.45) is 0. The Bertz CT molecular complexity index is 636. The largest absolute Gasteiger partial charge is 0.497 e. The van der Waals surface area contributed by atoms with Gasteiger partial charge in [0.2, 0.25) is 0 Å². The first-order chi connectivity index (χ1) is 11.7. The Hall–Kier alpha value is -2.40. The van der Waals surface area contributed by atoms with Crippen LogP contribution in [-0.2, 0) is 13.1 Å². The van der Waals surface area contributed by atoms with Crippen LogP contribution in [0.1, 0.15) is 18.1 Å². The molecule has 0 spiro atoms. The van der Waals surface area contributed by atoms with Gasteiger partial charge < -0.3 is 24.3 Å². The molecule has 0 aliphatic heterocycles. The van der Waals surface area contributed by atoms with Crippen LogP contribution in [0, 0.1) is 0 Å². The fourth-order valence-electron chi connectivity index (χ4n) is 2.51. The molecule has 0 unspecified atom stereocenters. The van der Waals surface area contributed by atoms with E-state index in [1.165, 1.54) is 5.56 Å². The standard InChI is InChI=1S/C19H25NO4/c1-5-24-19-10-14(6-7-18(19)23-4)12-20-13-15-8-16(21-2)11-17(9-15)22-3/h6-11,20H,5,12-13H2,1-4H3/p+1. The third-order valence-electron chi connectivity index (χ3n) is 3.70. The number of hydrogen-bond acceptors (Lipinski definition) is 4. The van der Waals surface area contributed by atoms with Gasteiger partial charge in [-0.3, -0.25) is 0 Å². The predicted octanol–water partition coefficient (Wildman–Crippen LogP) is 2.37. The van der Waals surface area contributed by atoms with Crippen molar-refractivity contribution in [3.05, 3.63) is 47.5 Å². The van der Waals surface area contributed by atoms with Crippen LogP contribution in [0.3, 0.4) is 0 Å². The van der Waals surface area contributed by atoms with Crippen LogP contribution in [-0.4, -0.2) is 27.9 Å². The Morgan fingerprint density at radius 2 is 1.42 bits per heavy atom. The number of benzene rings is 2. The lowest BCUT2D eigenvalue weighted by molar-refractivity contribution is -0.686. The lowest BCUT2D eigenvalue weighted by Crippen LogP contribution is -2.80. The van der Waals surface area contributed by atoms with E-state index in [0.717, 1.165) is 41.7 Å². The zero-order chi connectivity index (χ0) is 17.4. The van der Waals surface area contributed by atoms with E-state index < -0.39 is 0 Å². The third kappa shape index (κ3) is 4.80. The van der Waals surface area contributed by atoms with E-state index in [9.17, 15) is 0 Å². The van der Waals surface area contributed by atoms with Gasteiger partial charge in [-0.2, -0.15) is 0 Å². The van der Waals surface area contributed by atoms with Crippen molar-refractivity contribution >= 4 is 0 Å². The summed E-state index contributed by atoms with van der Waals surface area (Å²) in [5, 5.41) is 2.23. The van der Waals surface area contributed by atoms with Gasteiger partial charge in [0.05, 0.1) is 27.9 Å². The molecule has 0 radical (unpaired) electrons. The number of quaternary nitrogens is 1. The van der Waals surface area contributed by atoms with Gasteiger partial charge in [-0.25, -0.2) is 0 Å². The molecular weight excluding hydrogens is 306 g/mol. The summed E-state index contributed by atoms with van der Waals surface area (Å²) in [5.74, 6) is 3.16. The summed E-state index contributed by atoms with van der Waals surface area (Å²) < 4.78 is 21.5. The lowest BCUT2D eigenvalue weighted by atomic mass is 10.1. The summed E-state index contributed by atoms with van der Waals surface area (Å²) in [6.45, 7) is 4.27. The Labute approximate surface area is 143 Å². The minimum Gasteiger partial charge on any atom is -0.497 e. The van der Waals surface area contributed by atoms with Gasteiger partial charge in [0.15, 0.2) is 11.5 Å². The average molecular weight is 332 g/mol. The van der Waals surface area contributed by atoms with Crippen molar-refractivity contribution in [1.82, 2.24) is 0 Å². The molecule has 24 heavy (non-hydrogen) atoms. The summed E-state index contributed by atoms with van der Waals surface area (Å²) in [7, 11) is 4.98. The SMILES string of the molecule is CCOc1cc(C[NH2+]Cc2cc(OC)cc(OC)c2)ccc1OC. The molecule has 2 rings (SSSR count). The second-order valence-corrected chi connectivity index (χ2v) is 5.34. The molecule has 0 aliphatic rings. The van der Waals surface area contributed by atoms with Crippen LogP contribution in [0.4, 0.5) is 0 Å². The molecular formula is C19H26NO4+. The molecule has 0 atom stereocenters. The minimum absolute atomic E-state index is 0.618. The zero-order valence-corrected chi connectivity index (χ0v) is 14.8. The van der Waals surface area contributed by atoms with Crippen LogP contribution in [0.5, 0.6) is 23.0 Å². The van der Waals surface area contributed by atoms with Gasteiger partial charge in [-0.05, 0) is 37.3 Å². The molecule has 0 aromatic heterocycles. The maximum atomic E-state index is 5.62. The smallest absolute Gasteiger partial charge is 0.161 e. The van der Waals surface area contributed by atoms with Crippen molar-refractivity contribution < 1.29 is 24.3 Å². The summed E-state index contributed by atoms with van der Waals surface area (Å²) in [6, 6.07) is 12.0. The van der Waals surface area contributed by atoms with Crippen molar-refractivity contribution in [1.29, 1.82) is 0 Å². The fourth-order valence-corrected chi connectivity index (χ4v) is 2.51. The van der Waals surface area contributed by atoms with E-state index in [2.05, 4.69) is 11.4 Å². The molecule has 130 valence electrons. The summed E-state index contributed by atoms with van der Waals surface area (Å²) in [5.41, 5.74) is 2.35. The van der Waals surface area contributed by atoms with Gasteiger partial charge in [-0.15, -0.1) is 0 Å². The van der Waals surface area contributed by atoms with Crippen molar-refractivity contribution in [2.24, 2.45) is 0 Å². The lowest BCUT2D eigenvalue weighted by Gasteiger charge is -2.11. The summed E-state index contributed by atoms with van der Waals surface area (Å²) in [4.78, 5) is 0. The van der Waals surface area contributed by atoms with Crippen molar-refractivity contribution in [2.75, 3.05) is 27.9 Å². The van der Waals surface area contributed by atoms with E-state index in [0.29, 0.717) is 6.61 Å². The highest BCUT2D eigenvalue weighted by molar-refractivity contribution is 5.42. The first-order valence-corrected chi connectivity index (χ1v) is 8.03. The second-order valence-electron chi connectivity index (χ2n) is 5.34. The molecule has 5 nitrogen and oxygen atoms in total. The molecule has 0 amide bonds. The Morgan fingerprint density at radius 3 is 2.00 bits per heavy atom. The molecule has 2 N–H and O–H groups in total. The van der Waals surface area contributed by atoms with Gasteiger partial charge >= 0.3 is 0 Å². The van der Waals surface area contributed by atoms with Crippen LogP contribution in [0.15, 0.2) is 36.4 Å². The van der Waals surface area contributed by atoms with Crippen LogP contribution in [0.25, 0.3) is 0 Å². The molecule has 0 saturated carbocycles. The normalized spacial score (nSPS) is 10.3. The van der Waals surface area contributed by atoms with Gasteiger partial charge in [0, 0.05) is 17.2 Å². The first kappa shape index (κ1) is 17.9. The molecule has 5 heteroatoms. The zero-order valence-electron chi connectivity index (χ0n) is 14.8. The van der Waals surface area contributed by atoms with Crippen molar-refractivity contribution in [2.45, 2.75) is 20.0 Å². The van der Waals surface area contributed by atoms with Gasteiger partial charge in [-0.1, -0.05) is 0 Å². The van der Waals surface area contributed by atoms with Crippen molar-refractivity contribution in [3.8, 4) is 23.0 Å². The maximum Gasteiger partial charge on any atom is 0.161 e. The molecule has 0 fully saturated rings. The van der Waals surface area contributed by atoms with E-state index in [1.54, 1.807) is 21.3 Å². The van der Waals surface area contributed by atoms with E-state index in [1.807, 2.05) is 37.3 Å². The minimum atomic E-state index is 0.618. The molecule has 2 aromatic carbocycles. The van der Waals surface area contributed by atoms with Crippen LogP contribution < -0.4 is 24.3 Å². The highest BCUT2D eigenvalue weighted by atomic mass is 16.5. The Morgan fingerprint density at radius 1 is 0.750 bits per heavy atom. The first-order valence-electron chi connectivity index (χ1n) is 8.03. The molecule has 0 aliphatic carbocycles. The number of ether oxygens (including phenoxy) is 4. The van der Waals surface area contributed by atoms with Gasteiger partial charge in [0.25, 0.3) is 0 Å². The van der Waals surface area contributed by atoms with Crippen LogP contribution >= 0.6 is 0 Å². The highest BCUT2D eigenvalue weighted by Crippen LogP contribution is 2.27. The van der Waals surface area contributed by atoms with E-state index >= 15 is 0 Å². The molecule has 2 aromatic rings. The number of hydrogen-bond donors (Lipinski definition) is 1. The molecule has 0 bridgehead atoms. The second kappa shape index (κ2) is 9.03. The topological polar surface area (TPSA) is 53.5 Å². The van der Waals surface area contributed by atoms with E-state index in [-0.39, 0.29) is 0 Å². The third-order valence-corrected chi connectivity index (χ3v) is 3.70. The molecule has 0 saturated heterocycles. The highest BCUT2D eigenvalue weighted by Gasteiger charge is 2.07. The number of methoxy groups -OCH3 is 3. The summed E-state index contributed by atoms with van der Waals surface area (Å²) >= 11 is 0. The average Bonchev–Trinajstić information content (AvgIpc) is 2.62. The number of nitrogens with two attached hydrogens (primary N) is 1. The fraction of sp³-hybridized carbons (Fsp3) is 0.368. The van der Waals surface area contributed by atoms with Gasteiger partial charge in [0.1, 0.15) is 24.6 Å². The van der Waals surface area contributed by atoms with Crippen molar-refractivity contribution in [3.63, 3.8) is 0 Å². The quantitative estimate of drug-likeness (QED) is 0.766. The maximum absolute atomic E-state index is 5.62.